The monoisotopic (exact) mass is 472 g/mol. The number of aliphatic hydroxyl groups is 1. The van der Waals surface area contributed by atoms with Crippen LogP contribution in [-0.4, -0.2) is 27.3 Å². The predicted octanol–water partition coefficient (Wildman–Crippen LogP) is 6.90. The van der Waals surface area contributed by atoms with Gasteiger partial charge in [-0.1, -0.05) is 47.7 Å². The van der Waals surface area contributed by atoms with Crippen molar-refractivity contribution in [1.82, 2.24) is 4.57 Å². The molecule has 4 rings (SSSR count). The quantitative estimate of drug-likeness (QED) is 0.410. The van der Waals surface area contributed by atoms with E-state index in [9.17, 15) is 9.90 Å². The maximum absolute atomic E-state index is 12.7. The lowest BCUT2D eigenvalue weighted by atomic mass is 10.1. The predicted molar refractivity (Wildman–Crippen MR) is 140 cm³/mol. The van der Waals surface area contributed by atoms with Crippen LogP contribution in [-0.2, 0) is 9.53 Å². The lowest BCUT2D eigenvalue weighted by Gasteiger charge is -2.13. The lowest BCUT2D eigenvalue weighted by molar-refractivity contribution is -0.138. The molecule has 0 saturated carbocycles. The zero-order chi connectivity index (χ0) is 24.4. The van der Waals surface area contributed by atoms with E-state index in [1.54, 1.807) is 6.92 Å². The van der Waals surface area contributed by atoms with Crippen LogP contribution in [0.1, 0.15) is 35.0 Å². The maximum Gasteiger partial charge on any atom is 0.344 e. The van der Waals surface area contributed by atoms with Crippen molar-refractivity contribution < 1.29 is 14.6 Å². The second kappa shape index (κ2) is 9.77. The number of esters is 1. The van der Waals surface area contributed by atoms with E-state index in [1.165, 1.54) is 22.9 Å². The summed E-state index contributed by atoms with van der Waals surface area (Å²) in [7, 11) is 0. The second-order valence-electron chi connectivity index (χ2n) is 8.26. The summed E-state index contributed by atoms with van der Waals surface area (Å²) in [6.45, 7) is 10.3. The Hall–Kier alpha value is -3.51. The van der Waals surface area contributed by atoms with E-state index in [0.29, 0.717) is 15.6 Å². The number of aliphatic imine (C=N–C) groups is 1. The first-order chi connectivity index (χ1) is 16.3. The molecule has 1 aromatic heterocycles. The van der Waals surface area contributed by atoms with Gasteiger partial charge in [0.05, 0.1) is 17.2 Å². The summed E-state index contributed by atoms with van der Waals surface area (Å²) in [4.78, 5) is 17.8. The van der Waals surface area contributed by atoms with Crippen LogP contribution in [0.2, 0.25) is 0 Å². The highest BCUT2D eigenvalue weighted by Crippen LogP contribution is 2.41. The molecule has 1 aliphatic rings. The Kier molecular flexibility index (Phi) is 6.80. The van der Waals surface area contributed by atoms with Gasteiger partial charge in [0, 0.05) is 17.1 Å². The fourth-order valence-corrected chi connectivity index (χ4v) is 5.14. The minimum atomic E-state index is -0.577. The van der Waals surface area contributed by atoms with Crippen molar-refractivity contribution in [1.29, 1.82) is 0 Å². The average molecular weight is 473 g/mol. The Morgan fingerprint density at radius 2 is 1.82 bits per heavy atom. The number of para-hydroxylation sites is 1. The molecule has 0 unspecified atom stereocenters. The first kappa shape index (κ1) is 23.6. The van der Waals surface area contributed by atoms with Gasteiger partial charge >= 0.3 is 5.97 Å². The fourth-order valence-electron chi connectivity index (χ4n) is 4.11. The van der Waals surface area contributed by atoms with Crippen molar-refractivity contribution in [2.24, 2.45) is 4.99 Å². The van der Waals surface area contributed by atoms with Crippen molar-refractivity contribution in [3.8, 4) is 5.69 Å². The van der Waals surface area contributed by atoms with Crippen LogP contribution < -0.4 is 0 Å². The summed E-state index contributed by atoms with van der Waals surface area (Å²) >= 11 is 1.27. The molecule has 2 aromatic carbocycles. The lowest BCUT2D eigenvalue weighted by Crippen LogP contribution is -2.12. The Bertz CT molecular complexity index is 1350. The fraction of sp³-hybridized carbons (Fsp3) is 0.214. The number of aliphatic hydroxyl groups excluding tert-OH is 1. The molecule has 0 aliphatic carbocycles. The molecule has 1 N–H and O–H groups in total. The third-order valence-electron chi connectivity index (χ3n) is 5.71. The van der Waals surface area contributed by atoms with Gasteiger partial charge in [0.2, 0.25) is 0 Å². The molecule has 0 spiro atoms. The van der Waals surface area contributed by atoms with Gasteiger partial charge in [0.15, 0.2) is 0 Å². The van der Waals surface area contributed by atoms with Crippen molar-refractivity contribution in [3.05, 3.63) is 98.9 Å². The molecule has 0 radical (unpaired) electrons. The molecular weight excluding hydrogens is 444 g/mol. The molecule has 2 heterocycles. The van der Waals surface area contributed by atoms with Gasteiger partial charge in [-0.25, -0.2) is 9.79 Å². The highest BCUT2D eigenvalue weighted by molar-refractivity contribution is 8.18. The van der Waals surface area contributed by atoms with Crippen LogP contribution >= 0.6 is 11.8 Å². The number of ether oxygens (including phenoxy) is 1. The number of aromatic nitrogens is 1. The highest BCUT2D eigenvalue weighted by Gasteiger charge is 2.33. The van der Waals surface area contributed by atoms with E-state index in [0.717, 1.165) is 22.6 Å². The van der Waals surface area contributed by atoms with Crippen molar-refractivity contribution >= 4 is 34.5 Å². The van der Waals surface area contributed by atoms with Crippen LogP contribution in [0.5, 0.6) is 0 Å². The van der Waals surface area contributed by atoms with Crippen LogP contribution in [0.15, 0.2) is 75.8 Å². The van der Waals surface area contributed by atoms with Crippen molar-refractivity contribution in [2.45, 2.75) is 34.6 Å². The highest BCUT2D eigenvalue weighted by atomic mass is 32.2. The summed E-state index contributed by atoms with van der Waals surface area (Å²) in [5.41, 5.74) is 7.46. The summed E-state index contributed by atoms with van der Waals surface area (Å²) < 4.78 is 7.42. The topological polar surface area (TPSA) is 63.8 Å². The van der Waals surface area contributed by atoms with Gasteiger partial charge in [-0.05, 0) is 76.1 Å². The van der Waals surface area contributed by atoms with E-state index in [1.807, 2.05) is 36.4 Å². The normalized spacial score (nSPS) is 16.0. The number of hydrogen-bond acceptors (Lipinski definition) is 5. The van der Waals surface area contributed by atoms with Gasteiger partial charge in [0.1, 0.15) is 16.4 Å². The number of benzene rings is 2. The number of carbonyl (C=O) groups excluding carboxylic acids is 1. The molecule has 1 aliphatic heterocycles. The van der Waals surface area contributed by atoms with E-state index < -0.39 is 5.97 Å². The second-order valence-corrected chi connectivity index (χ2v) is 9.29. The number of nitrogens with zero attached hydrogens (tertiary/aromatic N) is 2. The first-order valence-electron chi connectivity index (χ1n) is 11.2. The maximum atomic E-state index is 12.7. The van der Waals surface area contributed by atoms with Crippen molar-refractivity contribution in [2.75, 3.05) is 6.61 Å². The van der Waals surface area contributed by atoms with Crippen LogP contribution in [0.3, 0.4) is 0 Å². The number of thioether (sulfide) groups is 1. The summed E-state index contributed by atoms with van der Waals surface area (Å²) in [6, 6.07) is 17.9. The molecule has 6 heteroatoms. The van der Waals surface area contributed by atoms with Gasteiger partial charge in [-0.3, -0.25) is 0 Å². The molecule has 34 heavy (non-hydrogen) atoms. The van der Waals surface area contributed by atoms with Crippen molar-refractivity contribution in [3.63, 3.8) is 0 Å². The molecular formula is C28H28N2O3S. The van der Waals surface area contributed by atoms with Gasteiger partial charge in [-0.15, -0.1) is 0 Å². The third kappa shape index (κ3) is 4.59. The minimum absolute atomic E-state index is 0.102. The third-order valence-corrected chi connectivity index (χ3v) is 6.73. The first-order valence-corrected chi connectivity index (χ1v) is 12.0. The van der Waals surface area contributed by atoms with Gasteiger partial charge < -0.3 is 14.4 Å². The Morgan fingerprint density at radius 3 is 2.50 bits per heavy atom. The molecule has 3 aromatic rings. The van der Waals surface area contributed by atoms with Crippen LogP contribution in [0.25, 0.3) is 11.8 Å². The molecule has 174 valence electrons. The smallest absolute Gasteiger partial charge is 0.344 e. The van der Waals surface area contributed by atoms with Gasteiger partial charge in [-0.2, -0.15) is 0 Å². The SMILES string of the molecule is CCOC(=O)C1=C(O)/C(=C/c2cc(C)n(-c3ccc(C)cc3C)c2C)SC1=Nc1ccccc1. The number of rotatable bonds is 5. The molecule has 0 saturated heterocycles. The zero-order valence-electron chi connectivity index (χ0n) is 20.0. The molecule has 5 nitrogen and oxygen atoms in total. The number of carbonyl (C=O) groups is 1. The molecule has 0 atom stereocenters. The summed E-state index contributed by atoms with van der Waals surface area (Å²) in [6.07, 6.45) is 1.91. The Morgan fingerprint density at radius 1 is 1.09 bits per heavy atom. The van der Waals surface area contributed by atoms with E-state index in [-0.39, 0.29) is 17.9 Å². The Balaban J connectivity index is 1.79. The number of aryl methyl sites for hydroxylation is 3. The molecule has 0 bridgehead atoms. The minimum Gasteiger partial charge on any atom is -0.506 e. The zero-order valence-corrected chi connectivity index (χ0v) is 20.9. The molecule has 0 fully saturated rings. The Labute approximate surface area is 204 Å². The van der Waals surface area contributed by atoms with Crippen LogP contribution in [0, 0.1) is 27.7 Å². The average Bonchev–Trinajstić information content (AvgIpc) is 3.24. The number of hydrogen-bond donors (Lipinski definition) is 1. The van der Waals surface area contributed by atoms with E-state index in [4.69, 9.17) is 4.74 Å². The van der Waals surface area contributed by atoms with Crippen LogP contribution in [0.4, 0.5) is 5.69 Å². The van der Waals surface area contributed by atoms with E-state index >= 15 is 0 Å². The standard InChI is InChI=1S/C28H28N2O3S/c1-6-33-28(32)25-26(31)24(34-27(25)29-22-10-8-7-9-11-22)16-21-15-19(4)30(20(21)5)23-13-12-17(2)14-18(23)3/h7-16,31H,6H2,1-5H3/b24-16-,29-27?. The summed E-state index contributed by atoms with van der Waals surface area (Å²) in [5.74, 6) is -0.680. The largest absolute Gasteiger partial charge is 0.506 e. The van der Waals surface area contributed by atoms with Gasteiger partial charge in [0.25, 0.3) is 0 Å². The summed E-state index contributed by atoms with van der Waals surface area (Å²) in [5, 5.41) is 11.4. The molecule has 0 amide bonds. The van der Waals surface area contributed by atoms with E-state index in [2.05, 4.69) is 61.5 Å².